The van der Waals surface area contributed by atoms with Crippen molar-refractivity contribution in [2.75, 3.05) is 11.5 Å². The van der Waals surface area contributed by atoms with Gasteiger partial charge in [0, 0.05) is 14.1 Å². The molecule has 0 atom stereocenters. The van der Waals surface area contributed by atoms with Gasteiger partial charge in [-0.25, -0.2) is 9.78 Å². The van der Waals surface area contributed by atoms with Gasteiger partial charge in [0.2, 0.25) is 11.9 Å². The molecule has 0 aliphatic rings. The van der Waals surface area contributed by atoms with Crippen molar-refractivity contribution >= 4 is 23.1 Å². The van der Waals surface area contributed by atoms with Crippen LogP contribution in [0.1, 0.15) is 5.82 Å². The van der Waals surface area contributed by atoms with Crippen LogP contribution >= 0.6 is 0 Å². The summed E-state index contributed by atoms with van der Waals surface area (Å²) in [6.07, 6.45) is 1.43. The first kappa shape index (κ1) is 13.7. The van der Waals surface area contributed by atoms with Gasteiger partial charge < -0.3 is 16.0 Å². The molecule has 114 valence electrons. The summed E-state index contributed by atoms with van der Waals surface area (Å²) in [5.41, 5.74) is 10.7. The van der Waals surface area contributed by atoms with Gasteiger partial charge in [0.05, 0.1) is 12.9 Å². The van der Waals surface area contributed by atoms with E-state index >= 15 is 0 Å². The number of rotatable bonds is 2. The maximum atomic E-state index is 12.3. The van der Waals surface area contributed by atoms with Crippen molar-refractivity contribution in [3.8, 4) is 0 Å². The SMILES string of the molecule is Cn1c(=O)c2c(ncn2Cc2nc(N)nc(N)n2)n(C)c1=O. The molecule has 3 aromatic heterocycles. The first-order valence-electron chi connectivity index (χ1n) is 6.25. The number of aromatic nitrogens is 7. The molecule has 0 aliphatic heterocycles. The van der Waals surface area contributed by atoms with E-state index in [-0.39, 0.29) is 29.6 Å². The molecule has 11 heteroatoms. The zero-order chi connectivity index (χ0) is 16.0. The van der Waals surface area contributed by atoms with E-state index in [1.165, 1.54) is 22.5 Å². The van der Waals surface area contributed by atoms with Gasteiger partial charge in [-0.05, 0) is 0 Å². The van der Waals surface area contributed by atoms with Crippen molar-refractivity contribution in [2.24, 2.45) is 14.1 Å². The summed E-state index contributed by atoms with van der Waals surface area (Å²) in [6.45, 7) is 0.126. The number of fused-ring (bicyclic) bond motifs is 1. The monoisotopic (exact) mass is 303 g/mol. The van der Waals surface area contributed by atoms with Crippen LogP contribution < -0.4 is 22.7 Å². The van der Waals surface area contributed by atoms with Crippen LogP contribution in [0.4, 0.5) is 11.9 Å². The standard InChI is InChI=1S/C11H13N9O2/c1-18-7-6(8(21)19(2)11(18)22)20(4-14-7)3-5-15-9(12)17-10(13)16-5/h4H,3H2,1-2H3,(H4,12,13,15,16,17). The molecule has 0 amide bonds. The van der Waals surface area contributed by atoms with Crippen molar-refractivity contribution in [2.45, 2.75) is 6.54 Å². The second kappa shape index (κ2) is 4.65. The number of hydrogen-bond donors (Lipinski definition) is 2. The number of aryl methyl sites for hydroxylation is 1. The van der Waals surface area contributed by atoms with Crippen LogP contribution in [0.5, 0.6) is 0 Å². The predicted molar refractivity (Wildman–Crippen MR) is 78.0 cm³/mol. The van der Waals surface area contributed by atoms with Crippen molar-refractivity contribution in [3.63, 3.8) is 0 Å². The topological polar surface area (TPSA) is 153 Å². The Morgan fingerprint density at radius 2 is 1.68 bits per heavy atom. The van der Waals surface area contributed by atoms with Crippen LogP contribution in [-0.2, 0) is 20.6 Å². The van der Waals surface area contributed by atoms with E-state index in [4.69, 9.17) is 11.5 Å². The molecule has 3 aromatic rings. The molecule has 4 N–H and O–H groups in total. The maximum absolute atomic E-state index is 12.3. The van der Waals surface area contributed by atoms with Crippen LogP contribution in [-0.4, -0.2) is 33.6 Å². The Morgan fingerprint density at radius 3 is 2.32 bits per heavy atom. The highest BCUT2D eigenvalue weighted by Gasteiger charge is 2.15. The Hall–Kier alpha value is -3.24. The summed E-state index contributed by atoms with van der Waals surface area (Å²) >= 11 is 0. The average Bonchev–Trinajstić information content (AvgIpc) is 2.85. The molecular formula is C11H13N9O2. The van der Waals surface area contributed by atoms with Gasteiger partial charge in [0.25, 0.3) is 5.56 Å². The lowest BCUT2D eigenvalue weighted by Gasteiger charge is -2.06. The van der Waals surface area contributed by atoms with E-state index < -0.39 is 11.2 Å². The highest BCUT2D eigenvalue weighted by molar-refractivity contribution is 5.70. The Kier molecular flexibility index (Phi) is 2.90. The molecule has 0 radical (unpaired) electrons. The summed E-state index contributed by atoms with van der Waals surface area (Å²) in [7, 11) is 2.95. The van der Waals surface area contributed by atoms with E-state index in [0.29, 0.717) is 5.82 Å². The summed E-state index contributed by atoms with van der Waals surface area (Å²) in [4.78, 5) is 39.9. The fraction of sp³-hybridized carbons (Fsp3) is 0.273. The first-order chi connectivity index (χ1) is 10.4. The molecule has 0 aliphatic carbocycles. The van der Waals surface area contributed by atoms with E-state index in [2.05, 4.69) is 19.9 Å². The number of hydrogen-bond acceptors (Lipinski definition) is 8. The molecule has 0 aromatic carbocycles. The average molecular weight is 303 g/mol. The Morgan fingerprint density at radius 1 is 1.05 bits per heavy atom. The molecule has 0 fully saturated rings. The highest BCUT2D eigenvalue weighted by atomic mass is 16.2. The molecule has 0 bridgehead atoms. The molecule has 0 saturated carbocycles. The van der Waals surface area contributed by atoms with E-state index in [0.717, 1.165) is 4.57 Å². The maximum Gasteiger partial charge on any atom is 0.332 e. The molecule has 0 saturated heterocycles. The van der Waals surface area contributed by atoms with Gasteiger partial charge in [-0.15, -0.1) is 0 Å². The molecule has 11 nitrogen and oxygen atoms in total. The van der Waals surface area contributed by atoms with E-state index in [9.17, 15) is 9.59 Å². The summed E-state index contributed by atoms with van der Waals surface area (Å²) < 4.78 is 3.84. The second-order valence-corrected chi connectivity index (χ2v) is 4.72. The zero-order valence-electron chi connectivity index (χ0n) is 11.9. The molecular weight excluding hydrogens is 290 g/mol. The second-order valence-electron chi connectivity index (χ2n) is 4.72. The Bertz CT molecular complexity index is 977. The van der Waals surface area contributed by atoms with Crippen LogP contribution in [0.3, 0.4) is 0 Å². The lowest BCUT2D eigenvalue weighted by atomic mass is 10.4. The lowest BCUT2D eigenvalue weighted by molar-refractivity contribution is 0.698. The van der Waals surface area contributed by atoms with Gasteiger partial charge in [0.15, 0.2) is 17.0 Å². The normalized spacial score (nSPS) is 11.2. The van der Waals surface area contributed by atoms with Crippen molar-refractivity contribution < 1.29 is 0 Å². The third-order valence-electron chi connectivity index (χ3n) is 3.25. The number of nitrogen functional groups attached to an aromatic ring is 2. The van der Waals surface area contributed by atoms with Crippen LogP contribution in [0.2, 0.25) is 0 Å². The highest BCUT2D eigenvalue weighted by Crippen LogP contribution is 2.08. The Balaban J connectivity index is 2.21. The fourth-order valence-electron chi connectivity index (χ4n) is 2.20. The third kappa shape index (κ3) is 1.99. The number of anilines is 2. The van der Waals surface area contributed by atoms with Crippen LogP contribution in [0, 0.1) is 0 Å². The van der Waals surface area contributed by atoms with Gasteiger partial charge in [0.1, 0.15) is 0 Å². The fourth-order valence-corrected chi connectivity index (χ4v) is 2.20. The third-order valence-corrected chi connectivity index (χ3v) is 3.25. The predicted octanol–water partition coefficient (Wildman–Crippen LogP) is -2.17. The molecule has 0 unspecified atom stereocenters. The molecule has 3 rings (SSSR count). The minimum absolute atomic E-state index is 0.00720. The van der Waals surface area contributed by atoms with Crippen molar-refractivity contribution in [3.05, 3.63) is 33.0 Å². The summed E-state index contributed by atoms with van der Waals surface area (Å²) in [5, 5.41) is 0. The van der Waals surface area contributed by atoms with Gasteiger partial charge in [-0.2, -0.15) is 15.0 Å². The molecule has 0 spiro atoms. The molecule has 22 heavy (non-hydrogen) atoms. The minimum atomic E-state index is -0.453. The quantitative estimate of drug-likeness (QED) is 0.542. The van der Waals surface area contributed by atoms with Crippen LogP contribution in [0.25, 0.3) is 11.2 Å². The summed E-state index contributed by atoms with van der Waals surface area (Å²) in [5.74, 6) is 0.277. The number of nitrogens with two attached hydrogens (primary N) is 2. The van der Waals surface area contributed by atoms with Crippen molar-refractivity contribution in [1.82, 2.24) is 33.6 Å². The van der Waals surface area contributed by atoms with Crippen molar-refractivity contribution in [1.29, 1.82) is 0 Å². The lowest BCUT2D eigenvalue weighted by Crippen LogP contribution is -2.37. The first-order valence-corrected chi connectivity index (χ1v) is 6.25. The van der Waals surface area contributed by atoms with Gasteiger partial charge in [-0.1, -0.05) is 0 Å². The molecule has 3 heterocycles. The van der Waals surface area contributed by atoms with Gasteiger partial charge >= 0.3 is 5.69 Å². The summed E-state index contributed by atoms with van der Waals surface area (Å²) in [6, 6.07) is 0. The van der Waals surface area contributed by atoms with Crippen LogP contribution in [0.15, 0.2) is 15.9 Å². The zero-order valence-corrected chi connectivity index (χ0v) is 11.9. The Labute approximate surface area is 122 Å². The van der Waals surface area contributed by atoms with E-state index in [1.807, 2.05) is 0 Å². The number of nitrogens with zero attached hydrogens (tertiary/aromatic N) is 7. The van der Waals surface area contributed by atoms with Gasteiger partial charge in [-0.3, -0.25) is 13.9 Å². The largest absolute Gasteiger partial charge is 0.368 e. The smallest absolute Gasteiger partial charge is 0.332 e. The minimum Gasteiger partial charge on any atom is -0.368 e. The number of imidazole rings is 1. The van der Waals surface area contributed by atoms with E-state index in [1.54, 1.807) is 7.05 Å².